The number of nitrogens with zero attached hydrogens (tertiary/aromatic N) is 2. The SMILES string of the molecule is COCCn1cc(Nc2ccc(C(C)=O)cc2)cn1. The van der Waals surface area contributed by atoms with Gasteiger partial charge in [-0.2, -0.15) is 5.10 Å². The molecule has 0 radical (unpaired) electrons. The van der Waals surface area contributed by atoms with E-state index in [4.69, 9.17) is 4.74 Å². The summed E-state index contributed by atoms with van der Waals surface area (Å²) in [5.74, 6) is 0.0685. The molecule has 1 aromatic carbocycles. The number of ether oxygens (including phenoxy) is 1. The van der Waals surface area contributed by atoms with E-state index in [-0.39, 0.29) is 5.78 Å². The number of carbonyl (C=O) groups is 1. The Kier molecular flexibility index (Phi) is 4.30. The molecular weight excluding hydrogens is 242 g/mol. The van der Waals surface area contributed by atoms with E-state index in [9.17, 15) is 4.79 Å². The van der Waals surface area contributed by atoms with E-state index in [0.717, 1.165) is 17.9 Å². The number of carbonyl (C=O) groups excluding carboxylic acids is 1. The molecule has 1 heterocycles. The maximum atomic E-state index is 11.2. The Hall–Kier alpha value is -2.14. The van der Waals surface area contributed by atoms with Gasteiger partial charge in [-0.05, 0) is 31.2 Å². The number of ketones is 1. The van der Waals surface area contributed by atoms with Crippen LogP contribution in [-0.4, -0.2) is 29.3 Å². The smallest absolute Gasteiger partial charge is 0.159 e. The third kappa shape index (κ3) is 3.66. The average Bonchev–Trinajstić information content (AvgIpc) is 2.84. The van der Waals surface area contributed by atoms with Gasteiger partial charge in [0.2, 0.25) is 0 Å². The molecule has 0 aliphatic rings. The van der Waals surface area contributed by atoms with E-state index in [1.54, 1.807) is 32.4 Å². The summed E-state index contributed by atoms with van der Waals surface area (Å²) in [5.41, 5.74) is 2.55. The first-order valence-corrected chi connectivity index (χ1v) is 6.08. The molecule has 0 amide bonds. The van der Waals surface area contributed by atoms with Gasteiger partial charge < -0.3 is 10.1 Å². The number of hydrogen-bond acceptors (Lipinski definition) is 4. The molecule has 5 heteroatoms. The Bertz CT molecular complexity index is 546. The van der Waals surface area contributed by atoms with Crippen LogP contribution < -0.4 is 5.32 Å². The van der Waals surface area contributed by atoms with Crippen molar-refractivity contribution >= 4 is 17.2 Å². The van der Waals surface area contributed by atoms with E-state index >= 15 is 0 Å². The summed E-state index contributed by atoms with van der Waals surface area (Å²) in [7, 11) is 1.67. The van der Waals surface area contributed by atoms with Gasteiger partial charge in [0.15, 0.2) is 5.78 Å². The Morgan fingerprint density at radius 1 is 1.32 bits per heavy atom. The number of nitrogens with one attached hydrogen (secondary N) is 1. The van der Waals surface area contributed by atoms with Crippen molar-refractivity contribution in [2.75, 3.05) is 19.0 Å². The summed E-state index contributed by atoms with van der Waals surface area (Å²) in [6, 6.07) is 7.37. The van der Waals surface area contributed by atoms with E-state index in [1.807, 2.05) is 23.0 Å². The Balaban J connectivity index is 2.00. The zero-order chi connectivity index (χ0) is 13.7. The molecule has 19 heavy (non-hydrogen) atoms. The van der Waals surface area contributed by atoms with Crippen molar-refractivity contribution in [3.05, 3.63) is 42.2 Å². The minimum absolute atomic E-state index is 0.0685. The van der Waals surface area contributed by atoms with Crippen LogP contribution in [0.3, 0.4) is 0 Å². The molecule has 0 aliphatic heterocycles. The summed E-state index contributed by atoms with van der Waals surface area (Å²) in [6.45, 7) is 2.91. The lowest BCUT2D eigenvalue weighted by Crippen LogP contribution is -2.03. The minimum atomic E-state index is 0.0685. The first kappa shape index (κ1) is 13.3. The predicted molar refractivity (Wildman–Crippen MR) is 73.8 cm³/mol. The molecule has 0 aliphatic carbocycles. The molecule has 2 rings (SSSR count). The fourth-order valence-corrected chi connectivity index (χ4v) is 1.69. The lowest BCUT2D eigenvalue weighted by atomic mass is 10.1. The van der Waals surface area contributed by atoms with E-state index in [0.29, 0.717) is 12.2 Å². The Labute approximate surface area is 112 Å². The van der Waals surface area contributed by atoms with Crippen molar-refractivity contribution < 1.29 is 9.53 Å². The van der Waals surface area contributed by atoms with E-state index < -0.39 is 0 Å². The monoisotopic (exact) mass is 259 g/mol. The molecule has 1 aromatic heterocycles. The summed E-state index contributed by atoms with van der Waals surface area (Å²) < 4.78 is 6.81. The second-order valence-corrected chi connectivity index (χ2v) is 4.24. The van der Waals surface area contributed by atoms with Crippen molar-refractivity contribution in [1.29, 1.82) is 0 Å². The van der Waals surface area contributed by atoms with Crippen LogP contribution in [0, 0.1) is 0 Å². The minimum Gasteiger partial charge on any atom is -0.383 e. The highest BCUT2D eigenvalue weighted by Crippen LogP contribution is 2.16. The fraction of sp³-hybridized carbons (Fsp3) is 0.286. The molecule has 2 aromatic rings. The molecule has 0 fully saturated rings. The molecule has 0 unspecified atom stereocenters. The summed E-state index contributed by atoms with van der Waals surface area (Å²) >= 11 is 0. The van der Waals surface area contributed by atoms with Gasteiger partial charge in [0.05, 0.1) is 25.0 Å². The van der Waals surface area contributed by atoms with Crippen molar-refractivity contribution in [2.45, 2.75) is 13.5 Å². The maximum absolute atomic E-state index is 11.2. The van der Waals surface area contributed by atoms with Gasteiger partial charge in [-0.25, -0.2) is 0 Å². The van der Waals surface area contributed by atoms with Crippen LogP contribution in [0.5, 0.6) is 0 Å². The van der Waals surface area contributed by atoms with Crippen LogP contribution in [0.15, 0.2) is 36.7 Å². The van der Waals surface area contributed by atoms with Crippen LogP contribution in [0.25, 0.3) is 0 Å². The molecule has 1 N–H and O–H groups in total. The van der Waals surface area contributed by atoms with Crippen molar-refractivity contribution in [1.82, 2.24) is 9.78 Å². The van der Waals surface area contributed by atoms with Gasteiger partial charge in [0.1, 0.15) is 0 Å². The number of anilines is 2. The highest BCUT2D eigenvalue weighted by molar-refractivity contribution is 5.94. The van der Waals surface area contributed by atoms with E-state index in [2.05, 4.69) is 10.4 Å². The first-order valence-electron chi connectivity index (χ1n) is 6.08. The standard InChI is InChI=1S/C14H17N3O2/c1-11(18)12-3-5-13(6-4-12)16-14-9-15-17(10-14)7-8-19-2/h3-6,9-10,16H,7-8H2,1-2H3. The summed E-state index contributed by atoms with van der Waals surface area (Å²) in [5, 5.41) is 7.45. The zero-order valence-corrected chi connectivity index (χ0v) is 11.1. The van der Waals surface area contributed by atoms with E-state index in [1.165, 1.54) is 0 Å². The Morgan fingerprint density at radius 3 is 2.68 bits per heavy atom. The molecular formula is C14H17N3O2. The molecule has 0 bridgehead atoms. The fourth-order valence-electron chi connectivity index (χ4n) is 1.69. The van der Waals surface area contributed by atoms with Gasteiger partial charge in [-0.15, -0.1) is 0 Å². The van der Waals surface area contributed by atoms with Crippen LogP contribution in [0.4, 0.5) is 11.4 Å². The van der Waals surface area contributed by atoms with Crippen molar-refractivity contribution in [3.8, 4) is 0 Å². The highest BCUT2D eigenvalue weighted by Gasteiger charge is 2.01. The molecule has 100 valence electrons. The van der Waals surface area contributed by atoms with Gasteiger partial charge in [0.25, 0.3) is 0 Å². The maximum Gasteiger partial charge on any atom is 0.159 e. The average molecular weight is 259 g/mol. The zero-order valence-electron chi connectivity index (χ0n) is 11.1. The highest BCUT2D eigenvalue weighted by atomic mass is 16.5. The van der Waals surface area contributed by atoms with Crippen LogP contribution >= 0.6 is 0 Å². The Morgan fingerprint density at radius 2 is 2.05 bits per heavy atom. The van der Waals surface area contributed by atoms with Crippen LogP contribution in [0.1, 0.15) is 17.3 Å². The molecule has 5 nitrogen and oxygen atoms in total. The van der Waals surface area contributed by atoms with Gasteiger partial charge in [0, 0.05) is 24.6 Å². The number of aromatic nitrogens is 2. The molecule has 0 saturated carbocycles. The van der Waals surface area contributed by atoms with Crippen LogP contribution in [-0.2, 0) is 11.3 Å². The third-order valence-corrected chi connectivity index (χ3v) is 2.74. The van der Waals surface area contributed by atoms with Crippen molar-refractivity contribution in [2.24, 2.45) is 0 Å². The molecule has 0 atom stereocenters. The quantitative estimate of drug-likeness (QED) is 0.810. The number of Topliss-reactive ketones (excluding diaryl/α,β-unsaturated/α-hetero) is 1. The number of methoxy groups -OCH3 is 1. The van der Waals surface area contributed by atoms with Crippen molar-refractivity contribution in [3.63, 3.8) is 0 Å². The third-order valence-electron chi connectivity index (χ3n) is 2.74. The summed E-state index contributed by atoms with van der Waals surface area (Å²) in [4.78, 5) is 11.2. The lowest BCUT2D eigenvalue weighted by molar-refractivity contribution is 0.101. The second-order valence-electron chi connectivity index (χ2n) is 4.24. The van der Waals surface area contributed by atoms with Gasteiger partial charge in [-0.3, -0.25) is 9.48 Å². The van der Waals surface area contributed by atoms with Crippen LogP contribution in [0.2, 0.25) is 0 Å². The number of hydrogen-bond donors (Lipinski definition) is 1. The van der Waals surface area contributed by atoms with Gasteiger partial charge in [-0.1, -0.05) is 0 Å². The second kappa shape index (κ2) is 6.15. The lowest BCUT2D eigenvalue weighted by Gasteiger charge is -2.04. The normalized spacial score (nSPS) is 10.4. The molecule has 0 spiro atoms. The summed E-state index contributed by atoms with van der Waals surface area (Å²) in [6.07, 6.45) is 3.67. The predicted octanol–water partition coefficient (Wildman–Crippen LogP) is 2.48. The topological polar surface area (TPSA) is 56.1 Å². The first-order chi connectivity index (χ1) is 9.19. The number of benzene rings is 1. The van der Waals surface area contributed by atoms with Gasteiger partial charge >= 0.3 is 0 Å². The largest absolute Gasteiger partial charge is 0.383 e. The number of rotatable bonds is 6. The molecule has 0 saturated heterocycles.